The molecule has 1 fully saturated rings. The molecule has 0 radical (unpaired) electrons. The first kappa shape index (κ1) is 11.5. The van der Waals surface area contributed by atoms with Crippen molar-refractivity contribution in [2.24, 2.45) is 0 Å². The molecular weight excluding hydrogens is 180 g/mol. The molecule has 0 aliphatic carbocycles. The first-order chi connectivity index (χ1) is 6.79. The standard InChI is InChI=1S/C10H20N2O2/c1-10(13)14-9-3-2-6-12-7-4-11-5-8-12/h11H,2-9H2,1H3. The van der Waals surface area contributed by atoms with Crippen LogP contribution in [0.2, 0.25) is 0 Å². The van der Waals surface area contributed by atoms with Gasteiger partial charge in [-0.1, -0.05) is 0 Å². The van der Waals surface area contributed by atoms with Crippen molar-refractivity contribution in [2.75, 3.05) is 39.3 Å². The molecule has 1 heterocycles. The lowest BCUT2D eigenvalue weighted by molar-refractivity contribution is -0.141. The molecule has 4 heteroatoms. The van der Waals surface area contributed by atoms with E-state index >= 15 is 0 Å². The number of piperazine rings is 1. The summed E-state index contributed by atoms with van der Waals surface area (Å²) < 4.78 is 4.86. The van der Waals surface area contributed by atoms with Gasteiger partial charge in [0, 0.05) is 33.1 Å². The van der Waals surface area contributed by atoms with Gasteiger partial charge < -0.3 is 15.0 Å². The zero-order valence-corrected chi connectivity index (χ0v) is 8.92. The summed E-state index contributed by atoms with van der Waals surface area (Å²) in [7, 11) is 0. The minimum Gasteiger partial charge on any atom is -0.466 e. The van der Waals surface area contributed by atoms with Crippen molar-refractivity contribution in [1.29, 1.82) is 0 Å². The number of nitrogens with one attached hydrogen (secondary N) is 1. The fraction of sp³-hybridized carbons (Fsp3) is 0.900. The molecule has 0 atom stereocenters. The maximum Gasteiger partial charge on any atom is 0.302 e. The Hall–Kier alpha value is -0.610. The minimum atomic E-state index is -0.174. The van der Waals surface area contributed by atoms with Crippen molar-refractivity contribution in [1.82, 2.24) is 10.2 Å². The van der Waals surface area contributed by atoms with Crippen LogP contribution in [-0.4, -0.2) is 50.2 Å². The van der Waals surface area contributed by atoms with Gasteiger partial charge in [-0.15, -0.1) is 0 Å². The molecule has 1 aliphatic rings. The van der Waals surface area contributed by atoms with E-state index in [9.17, 15) is 4.79 Å². The van der Waals surface area contributed by atoms with E-state index in [1.54, 1.807) is 0 Å². The first-order valence-electron chi connectivity index (χ1n) is 5.35. The van der Waals surface area contributed by atoms with Crippen LogP contribution >= 0.6 is 0 Å². The molecule has 4 nitrogen and oxygen atoms in total. The van der Waals surface area contributed by atoms with Gasteiger partial charge in [-0.25, -0.2) is 0 Å². The average Bonchev–Trinajstić information content (AvgIpc) is 2.18. The Labute approximate surface area is 85.6 Å². The fourth-order valence-electron chi connectivity index (χ4n) is 1.59. The first-order valence-corrected chi connectivity index (χ1v) is 5.35. The van der Waals surface area contributed by atoms with Crippen LogP contribution in [0.1, 0.15) is 19.8 Å². The molecule has 0 saturated carbocycles. The van der Waals surface area contributed by atoms with E-state index < -0.39 is 0 Å². The average molecular weight is 200 g/mol. The molecule has 82 valence electrons. The smallest absolute Gasteiger partial charge is 0.302 e. The Bertz CT molecular complexity index is 168. The number of rotatable bonds is 5. The molecule has 0 bridgehead atoms. The van der Waals surface area contributed by atoms with Crippen molar-refractivity contribution in [3.63, 3.8) is 0 Å². The third-order valence-corrected chi connectivity index (χ3v) is 2.38. The summed E-state index contributed by atoms with van der Waals surface area (Å²) in [6.07, 6.45) is 2.09. The number of hydrogen-bond donors (Lipinski definition) is 1. The second kappa shape index (κ2) is 6.79. The van der Waals surface area contributed by atoms with Crippen LogP contribution in [-0.2, 0) is 9.53 Å². The Balaban J connectivity index is 1.90. The summed E-state index contributed by atoms with van der Waals surface area (Å²) >= 11 is 0. The Morgan fingerprint density at radius 3 is 2.71 bits per heavy atom. The summed E-state index contributed by atoms with van der Waals surface area (Å²) in [6, 6.07) is 0. The molecule has 0 aromatic carbocycles. The lowest BCUT2D eigenvalue weighted by Gasteiger charge is -2.26. The van der Waals surface area contributed by atoms with Gasteiger partial charge in [-0.05, 0) is 19.4 Å². The number of ether oxygens (including phenoxy) is 1. The summed E-state index contributed by atoms with van der Waals surface area (Å²) in [5, 5.41) is 3.32. The zero-order valence-electron chi connectivity index (χ0n) is 8.92. The summed E-state index contributed by atoms with van der Waals surface area (Å²) in [4.78, 5) is 12.9. The van der Waals surface area contributed by atoms with E-state index in [1.165, 1.54) is 6.92 Å². The maximum atomic E-state index is 10.5. The van der Waals surface area contributed by atoms with Gasteiger partial charge in [0.25, 0.3) is 0 Å². The van der Waals surface area contributed by atoms with E-state index in [-0.39, 0.29) is 5.97 Å². The zero-order chi connectivity index (χ0) is 10.2. The predicted molar refractivity (Wildman–Crippen MR) is 55.2 cm³/mol. The largest absolute Gasteiger partial charge is 0.466 e. The van der Waals surface area contributed by atoms with Gasteiger partial charge in [0.2, 0.25) is 0 Å². The summed E-state index contributed by atoms with van der Waals surface area (Å²) in [6.45, 7) is 7.65. The van der Waals surface area contributed by atoms with Gasteiger partial charge in [-0.2, -0.15) is 0 Å². The number of nitrogens with zero attached hydrogens (tertiary/aromatic N) is 1. The Morgan fingerprint density at radius 1 is 1.36 bits per heavy atom. The normalized spacial score (nSPS) is 18.1. The van der Waals surface area contributed by atoms with Crippen LogP contribution in [0, 0.1) is 0 Å². The van der Waals surface area contributed by atoms with Crippen molar-refractivity contribution < 1.29 is 9.53 Å². The van der Waals surface area contributed by atoms with Crippen LogP contribution in [0.4, 0.5) is 0 Å². The van der Waals surface area contributed by atoms with Crippen LogP contribution in [0.25, 0.3) is 0 Å². The minimum absolute atomic E-state index is 0.174. The van der Waals surface area contributed by atoms with E-state index in [0.717, 1.165) is 45.6 Å². The Morgan fingerprint density at radius 2 is 2.07 bits per heavy atom. The number of unbranched alkanes of at least 4 members (excludes halogenated alkanes) is 1. The van der Waals surface area contributed by atoms with E-state index in [1.807, 2.05) is 0 Å². The maximum absolute atomic E-state index is 10.5. The van der Waals surface area contributed by atoms with Crippen LogP contribution in [0.3, 0.4) is 0 Å². The molecule has 0 spiro atoms. The van der Waals surface area contributed by atoms with Gasteiger partial charge in [-0.3, -0.25) is 4.79 Å². The highest BCUT2D eigenvalue weighted by atomic mass is 16.5. The lowest BCUT2D eigenvalue weighted by atomic mass is 10.3. The third kappa shape index (κ3) is 5.19. The number of hydrogen-bond acceptors (Lipinski definition) is 4. The highest BCUT2D eigenvalue weighted by Crippen LogP contribution is 1.97. The second-order valence-electron chi connectivity index (χ2n) is 3.64. The topological polar surface area (TPSA) is 41.6 Å². The molecule has 0 aromatic rings. The highest BCUT2D eigenvalue weighted by molar-refractivity contribution is 5.65. The van der Waals surface area contributed by atoms with E-state index in [2.05, 4.69) is 10.2 Å². The van der Waals surface area contributed by atoms with Crippen LogP contribution in [0.5, 0.6) is 0 Å². The monoisotopic (exact) mass is 200 g/mol. The van der Waals surface area contributed by atoms with Crippen LogP contribution in [0.15, 0.2) is 0 Å². The number of esters is 1. The fourth-order valence-corrected chi connectivity index (χ4v) is 1.59. The molecule has 1 rings (SSSR count). The third-order valence-electron chi connectivity index (χ3n) is 2.38. The Kier molecular flexibility index (Phi) is 5.56. The summed E-state index contributed by atoms with van der Waals surface area (Å²) in [5.41, 5.74) is 0. The molecule has 1 saturated heterocycles. The quantitative estimate of drug-likeness (QED) is 0.510. The SMILES string of the molecule is CC(=O)OCCCCN1CCNCC1. The predicted octanol–water partition coefficient (Wildman–Crippen LogP) is 0.235. The lowest BCUT2D eigenvalue weighted by Crippen LogP contribution is -2.43. The van der Waals surface area contributed by atoms with Crippen LogP contribution < -0.4 is 5.32 Å². The molecule has 0 aromatic heterocycles. The number of carbonyl (C=O) groups excluding carboxylic acids is 1. The molecule has 1 aliphatic heterocycles. The molecule has 0 amide bonds. The van der Waals surface area contributed by atoms with Gasteiger partial charge in [0.1, 0.15) is 0 Å². The summed E-state index contributed by atoms with van der Waals surface area (Å²) in [5.74, 6) is -0.174. The number of carbonyl (C=O) groups is 1. The molecule has 0 unspecified atom stereocenters. The molecular formula is C10H20N2O2. The van der Waals surface area contributed by atoms with Gasteiger partial charge in [0.15, 0.2) is 0 Å². The van der Waals surface area contributed by atoms with Crippen molar-refractivity contribution in [3.8, 4) is 0 Å². The van der Waals surface area contributed by atoms with E-state index in [4.69, 9.17) is 4.74 Å². The second-order valence-corrected chi connectivity index (χ2v) is 3.64. The van der Waals surface area contributed by atoms with Crippen molar-refractivity contribution in [3.05, 3.63) is 0 Å². The molecule has 1 N–H and O–H groups in total. The van der Waals surface area contributed by atoms with Crippen molar-refractivity contribution in [2.45, 2.75) is 19.8 Å². The van der Waals surface area contributed by atoms with Gasteiger partial charge in [0.05, 0.1) is 6.61 Å². The highest BCUT2D eigenvalue weighted by Gasteiger charge is 2.07. The van der Waals surface area contributed by atoms with E-state index in [0.29, 0.717) is 6.61 Å². The van der Waals surface area contributed by atoms with Crippen molar-refractivity contribution >= 4 is 5.97 Å². The molecule has 14 heavy (non-hydrogen) atoms. The van der Waals surface area contributed by atoms with Gasteiger partial charge >= 0.3 is 5.97 Å².